The van der Waals surface area contributed by atoms with Crippen molar-refractivity contribution < 1.29 is 24.2 Å². The van der Waals surface area contributed by atoms with Crippen molar-refractivity contribution in [3.05, 3.63) is 70.4 Å². The largest absolute Gasteiger partial charge is 0.506 e. The summed E-state index contributed by atoms with van der Waals surface area (Å²) >= 11 is 5.96. The van der Waals surface area contributed by atoms with Crippen molar-refractivity contribution >= 4 is 29.2 Å². The molecule has 0 fully saturated rings. The maximum Gasteiger partial charge on any atom is 0.355 e. The van der Waals surface area contributed by atoms with E-state index in [9.17, 15) is 14.7 Å². The maximum atomic E-state index is 12.3. The third kappa shape index (κ3) is 3.44. The van der Waals surface area contributed by atoms with Gasteiger partial charge in [-0.3, -0.25) is 0 Å². The molecule has 0 radical (unpaired) electrons. The van der Waals surface area contributed by atoms with Gasteiger partial charge in [0.1, 0.15) is 11.4 Å². The molecule has 0 bridgehead atoms. The van der Waals surface area contributed by atoms with Crippen LogP contribution in [0.15, 0.2) is 59.3 Å². The van der Waals surface area contributed by atoms with Crippen LogP contribution in [0.2, 0.25) is 0 Å². The van der Waals surface area contributed by atoms with Gasteiger partial charge in [0.25, 0.3) is 6.29 Å². The molecule has 25 heavy (non-hydrogen) atoms. The predicted octanol–water partition coefficient (Wildman–Crippen LogP) is 3.30. The van der Waals surface area contributed by atoms with Crippen LogP contribution in [0, 0.1) is 6.92 Å². The van der Waals surface area contributed by atoms with Gasteiger partial charge in [0.2, 0.25) is 0 Å². The monoisotopic (exact) mass is 359 g/mol. The van der Waals surface area contributed by atoms with Crippen molar-refractivity contribution in [2.24, 2.45) is 0 Å². The Hall–Kier alpha value is -2.99. The van der Waals surface area contributed by atoms with E-state index in [0.29, 0.717) is 11.3 Å². The molecule has 2 aromatic carbocycles. The van der Waals surface area contributed by atoms with Gasteiger partial charge in [-0.2, -0.15) is 0 Å². The molecule has 1 heterocycles. The number of hydrogen-bond acceptors (Lipinski definition) is 6. The van der Waals surface area contributed by atoms with Crippen LogP contribution < -0.4 is 5.32 Å². The fourth-order valence-corrected chi connectivity index (χ4v) is 2.49. The highest BCUT2D eigenvalue weighted by atomic mass is 35.5. The Balaban J connectivity index is 1.84. The molecule has 0 aromatic heterocycles. The Morgan fingerprint density at radius 2 is 1.88 bits per heavy atom. The summed E-state index contributed by atoms with van der Waals surface area (Å²) in [6.45, 7) is 1.77. The first-order valence-corrected chi connectivity index (χ1v) is 7.77. The second-order valence-corrected chi connectivity index (χ2v) is 5.71. The minimum atomic E-state index is -1.33. The number of nitrogens with one attached hydrogen (secondary N) is 1. The quantitative estimate of drug-likeness (QED) is 0.643. The van der Waals surface area contributed by atoms with Gasteiger partial charge in [0.05, 0.1) is 11.3 Å². The molecule has 2 N–H and O–H groups in total. The van der Waals surface area contributed by atoms with E-state index in [0.717, 1.165) is 5.56 Å². The number of halogens is 1. The lowest BCUT2D eigenvalue weighted by atomic mass is 10.1. The van der Waals surface area contributed by atoms with Crippen LogP contribution in [0.25, 0.3) is 0 Å². The normalized spacial score (nSPS) is 16.6. The predicted molar refractivity (Wildman–Crippen MR) is 91.1 cm³/mol. The van der Waals surface area contributed by atoms with Gasteiger partial charge < -0.3 is 19.9 Å². The number of esters is 2. The lowest BCUT2D eigenvalue weighted by Gasteiger charge is -2.17. The van der Waals surface area contributed by atoms with Crippen LogP contribution in [0.4, 0.5) is 5.69 Å². The van der Waals surface area contributed by atoms with Crippen LogP contribution >= 0.6 is 11.6 Å². The molecular formula is C18H14ClNO5. The van der Waals surface area contributed by atoms with Gasteiger partial charge in [-0.15, -0.1) is 0 Å². The first-order chi connectivity index (χ1) is 12.0. The summed E-state index contributed by atoms with van der Waals surface area (Å²) in [6, 6.07) is 13.2. The number of carbonyl (C=O) groups is 2. The van der Waals surface area contributed by atoms with Crippen LogP contribution in [0.5, 0.6) is 5.75 Å². The molecule has 3 rings (SSSR count). The lowest BCUT2D eigenvalue weighted by Crippen LogP contribution is -2.24. The number of carbonyl (C=O) groups excluding carboxylic acids is 2. The average molecular weight is 360 g/mol. The molecule has 1 aliphatic rings. The third-order valence-corrected chi connectivity index (χ3v) is 3.98. The molecule has 0 saturated carbocycles. The second-order valence-electron chi connectivity index (χ2n) is 5.33. The summed E-state index contributed by atoms with van der Waals surface area (Å²) in [4.78, 5) is 24.1. The first kappa shape index (κ1) is 16.9. The highest BCUT2D eigenvalue weighted by Gasteiger charge is 2.37. The molecule has 0 aliphatic carbocycles. The molecule has 0 amide bonds. The Morgan fingerprint density at radius 1 is 1.20 bits per heavy atom. The van der Waals surface area contributed by atoms with E-state index in [4.69, 9.17) is 21.1 Å². The van der Waals surface area contributed by atoms with Crippen molar-refractivity contribution in [3.63, 3.8) is 0 Å². The Labute approximate surface area is 148 Å². The number of anilines is 1. The average Bonchev–Trinajstić information content (AvgIpc) is 2.84. The molecule has 7 heteroatoms. The molecule has 0 saturated heterocycles. The molecule has 6 nitrogen and oxygen atoms in total. The smallest absolute Gasteiger partial charge is 0.355 e. The number of ether oxygens (including phenoxy) is 2. The zero-order chi connectivity index (χ0) is 18.0. The van der Waals surface area contributed by atoms with Crippen molar-refractivity contribution in [1.29, 1.82) is 0 Å². The number of phenolic OH excluding ortho intramolecular Hbond substituents is 1. The standard InChI is InChI=1S/C18H14ClNO5/c1-10-6-2-3-7-11(10)16(22)24-18-15(14(19)17(23)25-18)20-12-8-4-5-9-13(12)21/h2-9,18,20-21H,1H3. The van der Waals surface area contributed by atoms with E-state index in [1.54, 1.807) is 49.4 Å². The van der Waals surface area contributed by atoms with Gasteiger partial charge in [-0.1, -0.05) is 41.9 Å². The van der Waals surface area contributed by atoms with E-state index in [-0.39, 0.29) is 16.5 Å². The third-order valence-electron chi connectivity index (χ3n) is 3.62. The van der Waals surface area contributed by atoms with Crippen LogP contribution in [-0.2, 0) is 14.3 Å². The van der Waals surface area contributed by atoms with E-state index in [2.05, 4.69) is 5.32 Å². The van der Waals surface area contributed by atoms with E-state index in [1.807, 2.05) is 0 Å². The van der Waals surface area contributed by atoms with E-state index in [1.165, 1.54) is 6.07 Å². The number of hydrogen-bond donors (Lipinski definition) is 2. The summed E-state index contributed by atoms with van der Waals surface area (Å²) in [5.74, 6) is -1.52. The van der Waals surface area contributed by atoms with Gasteiger partial charge >= 0.3 is 11.9 Å². The summed E-state index contributed by atoms with van der Waals surface area (Å²) in [7, 11) is 0. The number of para-hydroxylation sites is 2. The Kier molecular flexibility index (Phi) is 4.63. The Bertz CT molecular complexity index is 877. The Morgan fingerprint density at radius 3 is 2.60 bits per heavy atom. The lowest BCUT2D eigenvalue weighted by molar-refractivity contribution is -0.152. The fraction of sp³-hybridized carbons (Fsp3) is 0.111. The SMILES string of the molecule is Cc1ccccc1C(=O)OC1OC(=O)C(Cl)=C1Nc1ccccc1O. The molecule has 2 aromatic rings. The number of phenols is 1. The van der Waals surface area contributed by atoms with Crippen LogP contribution in [0.3, 0.4) is 0 Å². The van der Waals surface area contributed by atoms with Gasteiger partial charge in [0.15, 0.2) is 5.03 Å². The molecular weight excluding hydrogens is 346 g/mol. The van der Waals surface area contributed by atoms with Gasteiger partial charge in [0, 0.05) is 0 Å². The van der Waals surface area contributed by atoms with Gasteiger partial charge in [-0.05, 0) is 30.7 Å². The second kappa shape index (κ2) is 6.86. The first-order valence-electron chi connectivity index (χ1n) is 7.39. The van der Waals surface area contributed by atoms with Crippen LogP contribution in [-0.4, -0.2) is 23.3 Å². The number of benzene rings is 2. The number of rotatable bonds is 4. The van der Waals surface area contributed by atoms with Gasteiger partial charge in [-0.25, -0.2) is 9.59 Å². The zero-order valence-corrected chi connectivity index (χ0v) is 13.9. The maximum absolute atomic E-state index is 12.3. The van der Waals surface area contributed by atoms with E-state index < -0.39 is 18.2 Å². The van der Waals surface area contributed by atoms with Crippen LogP contribution in [0.1, 0.15) is 15.9 Å². The fourth-order valence-electron chi connectivity index (χ4n) is 2.31. The number of aryl methyl sites for hydroxylation is 1. The molecule has 1 aliphatic heterocycles. The summed E-state index contributed by atoms with van der Waals surface area (Å²) < 4.78 is 10.3. The number of aromatic hydroxyl groups is 1. The summed E-state index contributed by atoms with van der Waals surface area (Å²) in [6.07, 6.45) is -1.33. The van der Waals surface area contributed by atoms with Crippen molar-refractivity contribution in [2.45, 2.75) is 13.2 Å². The minimum absolute atomic E-state index is 0.0510. The molecule has 1 unspecified atom stereocenters. The zero-order valence-electron chi connectivity index (χ0n) is 13.2. The molecule has 128 valence electrons. The molecule has 0 spiro atoms. The highest BCUT2D eigenvalue weighted by molar-refractivity contribution is 6.42. The highest BCUT2D eigenvalue weighted by Crippen LogP contribution is 2.31. The topological polar surface area (TPSA) is 84.9 Å². The number of cyclic esters (lactones) is 1. The van der Waals surface area contributed by atoms with Crippen molar-refractivity contribution in [2.75, 3.05) is 5.32 Å². The summed E-state index contributed by atoms with van der Waals surface area (Å²) in [5.41, 5.74) is 1.42. The van der Waals surface area contributed by atoms with E-state index >= 15 is 0 Å². The summed E-state index contributed by atoms with van der Waals surface area (Å²) in [5, 5.41) is 12.4. The van der Waals surface area contributed by atoms with Crippen molar-refractivity contribution in [3.8, 4) is 5.75 Å². The minimum Gasteiger partial charge on any atom is -0.506 e. The molecule has 1 atom stereocenters. The van der Waals surface area contributed by atoms with Crippen molar-refractivity contribution in [1.82, 2.24) is 0 Å².